The van der Waals surface area contributed by atoms with Gasteiger partial charge in [-0.2, -0.15) is 0 Å². The van der Waals surface area contributed by atoms with Crippen LogP contribution in [0.15, 0.2) is 158 Å². The third-order valence-corrected chi connectivity index (χ3v) is 20.1. The normalized spacial score (nSPS) is 17.9. The summed E-state index contributed by atoms with van der Waals surface area (Å²) in [7, 11) is -3.42. The molecule has 0 amide bonds. The van der Waals surface area contributed by atoms with Gasteiger partial charge in [0.15, 0.2) is 13.0 Å². The second kappa shape index (κ2) is 13.9. The lowest BCUT2D eigenvalue weighted by Crippen LogP contribution is -2.75. The van der Waals surface area contributed by atoms with Crippen molar-refractivity contribution < 1.29 is 10.2 Å². The number of para-hydroxylation sites is 3. The maximum absolute atomic E-state index is 10.2. The quantitative estimate of drug-likeness (QED) is 0.123. The molecule has 9 aromatic rings. The van der Waals surface area contributed by atoms with Crippen LogP contribution in [0.25, 0.3) is 37.3 Å². The van der Waals surface area contributed by atoms with Gasteiger partial charge in [-0.25, -0.2) is 4.98 Å². The van der Waals surface area contributed by atoms with E-state index in [1.807, 2.05) is 18.2 Å². The number of aromatic nitrogens is 2. The zero-order chi connectivity index (χ0) is 44.2. The van der Waals surface area contributed by atoms with E-state index in [4.69, 9.17) is 13.8 Å². The van der Waals surface area contributed by atoms with Crippen LogP contribution in [0.1, 0.15) is 87.0 Å². The molecular weight excluding hydrogens is 765 g/mol. The topological polar surface area (TPSA) is 26.5 Å². The Labute approximate surface area is 364 Å². The molecule has 296 valence electrons. The summed E-state index contributed by atoms with van der Waals surface area (Å²) >= 11 is 1.61. The van der Waals surface area contributed by atoms with Gasteiger partial charge < -0.3 is 4.74 Å². The number of fused-ring (bicyclic) bond motifs is 7. The van der Waals surface area contributed by atoms with Crippen molar-refractivity contribution in [1.29, 1.82) is 0 Å². The van der Waals surface area contributed by atoms with Crippen LogP contribution in [0.2, 0.25) is 0 Å². The molecule has 1 fully saturated rings. The first-order valence-corrected chi connectivity index (χ1v) is 24.1. The molecule has 0 N–H and O–H groups in total. The Bertz CT molecular complexity index is 3230. The molecule has 0 saturated heterocycles. The SMILES string of the molecule is [2H]C([2H])([2H])c1ccc2c(nc3sc4ccccc4n32)c1-c1cc([Si](c2ccccc2)(c2ccccc2)c2cccc3c2Oc2ccccc2C(C)(C)C3(C)C)ccc1C1([2H])CCCC1. The predicted molar refractivity (Wildman–Crippen MR) is 256 cm³/mol. The Morgan fingerprint density at radius 2 is 1.35 bits per heavy atom. The van der Waals surface area contributed by atoms with Crippen molar-refractivity contribution in [2.75, 3.05) is 0 Å². The molecule has 1 aliphatic heterocycles. The molecule has 0 unspecified atom stereocenters. The molecule has 5 heteroatoms. The van der Waals surface area contributed by atoms with Gasteiger partial charge in [-0.1, -0.05) is 185 Å². The van der Waals surface area contributed by atoms with Gasteiger partial charge in [0.1, 0.15) is 11.5 Å². The highest BCUT2D eigenvalue weighted by Crippen LogP contribution is 2.53. The lowest BCUT2D eigenvalue weighted by molar-refractivity contribution is 0.306. The Hall–Kier alpha value is -5.75. The number of rotatable bonds is 6. The molecule has 0 radical (unpaired) electrons. The molecule has 60 heavy (non-hydrogen) atoms. The van der Waals surface area contributed by atoms with Crippen LogP contribution >= 0.6 is 11.3 Å². The molecule has 2 aromatic heterocycles. The summed E-state index contributed by atoms with van der Waals surface area (Å²) in [6, 6.07) is 55.7. The molecule has 7 aromatic carbocycles. The highest BCUT2D eigenvalue weighted by molar-refractivity contribution is 7.23. The van der Waals surface area contributed by atoms with E-state index >= 15 is 0 Å². The van der Waals surface area contributed by atoms with Crippen molar-refractivity contribution in [3.8, 4) is 22.6 Å². The van der Waals surface area contributed by atoms with E-state index in [0.717, 1.165) is 77.7 Å². The Balaban J connectivity index is 1.30. The highest BCUT2D eigenvalue weighted by Gasteiger charge is 2.50. The maximum Gasteiger partial charge on any atom is 0.195 e. The number of ether oxygens (including phenoxy) is 1. The maximum atomic E-state index is 10.2. The zero-order valence-corrected chi connectivity index (χ0v) is 36.4. The van der Waals surface area contributed by atoms with Crippen LogP contribution in [-0.2, 0) is 10.8 Å². The van der Waals surface area contributed by atoms with Crippen molar-refractivity contribution in [2.45, 2.75) is 77.0 Å². The predicted octanol–water partition coefficient (Wildman–Crippen LogP) is 12.1. The summed E-state index contributed by atoms with van der Waals surface area (Å²) < 4.78 is 48.1. The van der Waals surface area contributed by atoms with Gasteiger partial charge in [0.25, 0.3) is 0 Å². The van der Waals surface area contributed by atoms with E-state index in [1.165, 1.54) is 10.4 Å². The Kier molecular flexibility index (Phi) is 7.65. The molecule has 11 rings (SSSR count). The summed E-state index contributed by atoms with van der Waals surface area (Å²) in [5, 5.41) is 4.55. The standard InChI is InChI=1S/C55H50N2OSSi/c1-36-31-34-46-51(56-53-57(46)45-27-15-17-29-48(45)59-53)50(36)42-35-40(32-33-41(42)37-19-12-13-20-37)60(38-21-8-6-9-22-38,39-23-10-7-11-24-39)49-30-18-26-44-52(49)58-47-28-16-14-25-43(47)54(2,3)55(44,4)5/h6-11,14-18,21-35,37H,12-13,19-20H2,1-5H3/i1D3,37D. The van der Waals surface area contributed by atoms with Gasteiger partial charge in [-0.05, 0) is 87.3 Å². The van der Waals surface area contributed by atoms with E-state index in [1.54, 1.807) is 17.4 Å². The second-order valence-corrected chi connectivity index (χ2v) is 22.5. The van der Waals surface area contributed by atoms with Gasteiger partial charge in [0, 0.05) is 33.0 Å². The fraction of sp³-hybridized carbons (Fsp3) is 0.218. The van der Waals surface area contributed by atoms with Crippen LogP contribution in [-0.4, -0.2) is 17.5 Å². The van der Waals surface area contributed by atoms with Gasteiger partial charge in [-0.15, -0.1) is 0 Å². The molecule has 0 atom stereocenters. The van der Waals surface area contributed by atoms with Gasteiger partial charge in [0.05, 0.1) is 21.3 Å². The van der Waals surface area contributed by atoms with E-state index in [2.05, 4.69) is 166 Å². The molecule has 1 aliphatic carbocycles. The minimum absolute atomic E-state index is 0.249. The minimum Gasteiger partial charge on any atom is -0.457 e. The third-order valence-electron chi connectivity index (χ3n) is 14.3. The molecular formula is C55H50N2OSSi. The van der Waals surface area contributed by atoms with Crippen molar-refractivity contribution in [3.63, 3.8) is 0 Å². The Morgan fingerprint density at radius 1 is 0.683 bits per heavy atom. The first-order valence-electron chi connectivity index (χ1n) is 23.3. The van der Waals surface area contributed by atoms with E-state index in [-0.39, 0.29) is 16.4 Å². The number of nitrogens with zero attached hydrogens (tertiary/aromatic N) is 2. The van der Waals surface area contributed by atoms with E-state index in [9.17, 15) is 1.37 Å². The molecule has 2 aliphatic rings. The fourth-order valence-corrected chi connectivity index (χ4v) is 16.4. The summed E-state index contributed by atoms with van der Waals surface area (Å²) in [5.41, 5.74) is 6.69. The number of thiazole rings is 1. The first-order chi connectivity index (χ1) is 30.7. The number of imidazole rings is 1. The van der Waals surface area contributed by atoms with Crippen LogP contribution in [0.3, 0.4) is 0 Å². The number of hydrogen-bond donors (Lipinski definition) is 0. The summed E-state index contributed by atoms with van der Waals surface area (Å²) in [4.78, 5) is 6.15. The van der Waals surface area contributed by atoms with Crippen molar-refractivity contribution in [1.82, 2.24) is 9.38 Å². The van der Waals surface area contributed by atoms with Crippen LogP contribution in [0.5, 0.6) is 11.5 Å². The van der Waals surface area contributed by atoms with Crippen molar-refractivity contribution in [2.24, 2.45) is 0 Å². The summed E-state index contributed by atoms with van der Waals surface area (Å²) in [6.07, 6.45) is 3.29. The van der Waals surface area contributed by atoms with Crippen molar-refractivity contribution >= 4 is 66.4 Å². The molecule has 3 nitrogen and oxygen atoms in total. The fourth-order valence-electron chi connectivity index (χ4n) is 10.5. The average molecular weight is 819 g/mol. The minimum atomic E-state index is -3.42. The summed E-state index contributed by atoms with van der Waals surface area (Å²) in [5.74, 6) is 0.821. The second-order valence-electron chi connectivity index (χ2n) is 17.7. The number of aryl methyl sites for hydroxylation is 1. The lowest BCUT2D eigenvalue weighted by atomic mass is 9.61. The van der Waals surface area contributed by atoms with Crippen molar-refractivity contribution in [3.05, 3.63) is 180 Å². The third kappa shape index (κ3) is 5.34. The largest absolute Gasteiger partial charge is 0.457 e. The zero-order valence-electron chi connectivity index (χ0n) is 38.6. The summed E-state index contributed by atoms with van der Waals surface area (Å²) in [6.45, 7) is 6.88. The van der Waals surface area contributed by atoms with Crippen LogP contribution in [0, 0.1) is 6.85 Å². The highest BCUT2D eigenvalue weighted by atomic mass is 32.1. The van der Waals surface area contributed by atoms with Gasteiger partial charge in [-0.3, -0.25) is 4.40 Å². The molecule has 1 saturated carbocycles. The van der Waals surface area contributed by atoms with Gasteiger partial charge in [0.2, 0.25) is 0 Å². The van der Waals surface area contributed by atoms with Gasteiger partial charge >= 0.3 is 0 Å². The van der Waals surface area contributed by atoms with E-state index < -0.39 is 20.8 Å². The molecule has 0 spiro atoms. The Morgan fingerprint density at radius 3 is 2.10 bits per heavy atom. The number of hydrogen-bond acceptors (Lipinski definition) is 3. The van der Waals surface area contributed by atoms with Crippen LogP contribution < -0.4 is 25.5 Å². The average Bonchev–Trinajstić information content (AvgIpc) is 4.00. The first kappa shape index (κ1) is 33.0. The van der Waals surface area contributed by atoms with Crippen LogP contribution in [0.4, 0.5) is 0 Å². The smallest absolute Gasteiger partial charge is 0.195 e. The monoisotopic (exact) mass is 818 g/mol. The molecule has 0 bridgehead atoms. The lowest BCUT2D eigenvalue weighted by Gasteiger charge is -2.42. The molecule has 3 heterocycles. The van der Waals surface area contributed by atoms with E-state index in [0.29, 0.717) is 23.9 Å². The number of benzene rings is 7.